The molecule has 0 atom stereocenters. The Balaban J connectivity index is -0.000000916. The molecule has 0 unspecified atom stereocenters. The Morgan fingerprint density at radius 1 is 0.600 bits per heavy atom. The highest BCUT2D eigenvalue weighted by molar-refractivity contribution is 4.49. The van der Waals surface area contributed by atoms with Crippen LogP contribution in [0.1, 0.15) is 79.1 Å². The average molecular weight is 287 g/mol. The van der Waals surface area contributed by atoms with E-state index in [9.17, 15) is 0 Å². The second kappa shape index (κ2) is 18.4. The predicted octanol–water partition coefficient (Wildman–Crippen LogP) is 5.31. The van der Waals surface area contributed by atoms with Crippen molar-refractivity contribution in [1.82, 2.24) is 6.15 Å². The first-order chi connectivity index (χ1) is 9.24. The maximum atomic E-state index is 6.50. The lowest BCUT2D eigenvalue weighted by Crippen LogP contribution is -2.50. The van der Waals surface area contributed by atoms with Gasteiger partial charge in [-0.3, -0.25) is 0 Å². The lowest BCUT2D eigenvalue weighted by molar-refractivity contribution is -0.929. The Kier molecular flexibility index (Phi) is 22.5. The zero-order valence-corrected chi connectivity index (χ0v) is 14.7. The highest BCUT2D eigenvalue weighted by Gasteiger charge is 2.24. The lowest BCUT2D eigenvalue weighted by atomic mass is 10.1. The van der Waals surface area contributed by atoms with Crippen LogP contribution in [0.3, 0.4) is 0 Å². The number of rotatable bonds is 12. The zero-order valence-electron chi connectivity index (χ0n) is 14.7. The molecule has 0 heterocycles. The fourth-order valence-electron chi connectivity index (χ4n) is 2.64. The summed E-state index contributed by atoms with van der Waals surface area (Å²) in [5, 5.41) is 6.50. The van der Waals surface area contributed by atoms with Crippen LogP contribution in [0.2, 0.25) is 0 Å². The van der Waals surface area contributed by atoms with E-state index in [1.807, 2.05) is 0 Å². The van der Waals surface area contributed by atoms with Gasteiger partial charge in [0.25, 0.3) is 0 Å². The molecule has 0 aromatic carbocycles. The van der Waals surface area contributed by atoms with Crippen molar-refractivity contribution in [3.05, 3.63) is 0 Å². The largest absolute Gasteiger partial charge is 0.344 e. The van der Waals surface area contributed by atoms with Gasteiger partial charge < -0.3 is 10.6 Å². The van der Waals surface area contributed by atoms with Crippen LogP contribution in [0, 0.1) is 11.8 Å². The molecule has 0 aliphatic heterocycles. The molecule has 0 saturated heterocycles. The van der Waals surface area contributed by atoms with Crippen molar-refractivity contribution in [2.75, 3.05) is 26.2 Å². The van der Waals surface area contributed by atoms with Crippen LogP contribution in [-0.4, -0.2) is 30.7 Å². The van der Waals surface area contributed by atoms with Gasteiger partial charge in [-0.15, -0.1) is 0 Å². The summed E-state index contributed by atoms with van der Waals surface area (Å²) in [4.78, 5) is 0. The molecule has 0 radical (unpaired) electrons. The predicted molar refractivity (Wildman–Crippen MR) is 91.1 cm³/mol. The number of quaternary nitrogens is 1. The van der Waals surface area contributed by atoms with Gasteiger partial charge in [0.2, 0.25) is 0 Å². The summed E-state index contributed by atoms with van der Waals surface area (Å²) in [6.07, 6.45) is 11.1. The molecule has 3 N–H and O–H groups in total. The molecule has 122 valence electrons. The molecule has 0 bridgehead atoms. The molecular weight excluding hydrogens is 246 g/mol. The van der Waals surface area contributed by atoms with E-state index in [1.54, 1.807) is 0 Å². The van der Waals surface area contributed by atoms with Crippen LogP contribution in [-0.2, 0) is 0 Å². The van der Waals surface area contributed by atoms with Crippen LogP contribution in [0.15, 0.2) is 0 Å². The monoisotopic (exact) mass is 286 g/mol. The topological polar surface area (TPSA) is 58.8 Å². The Bertz CT molecular complexity index is 152. The third-order valence-electron chi connectivity index (χ3n) is 3.94. The second-order valence-electron chi connectivity index (χ2n) is 5.65. The molecule has 3 heteroatoms. The van der Waals surface area contributed by atoms with Gasteiger partial charge in [0.15, 0.2) is 0 Å². The Morgan fingerprint density at radius 2 is 0.800 bits per heavy atom. The fraction of sp³-hybridized carbons (Fsp3) is 0.941. The second-order valence-corrected chi connectivity index (χ2v) is 5.65. The van der Waals surface area contributed by atoms with Crippen molar-refractivity contribution in [3.8, 4) is 6.57 Å². The van der Waals surface area contributed by atoms with Gasteiger partial charge in [-0.25, -0.2) is 5.26 Å². The van der Waals surface area contributed by atoms with E-state index in [4.69, 9.17) is 5.26 Å². The van der Waals surface area contributed by atoms with Gasteiger partial charge in [-0.1, -0.05) is 53.4 Å². The summed E-state index contributed by atoms with van der Waals surface area (Å²) < 4.78 is 1.42. The SMILES string of the molecule is C#N.CCCC[N+](CCCC)(CCCC)CCCC.N. The van der Waals surface area contributed by atoms with Crippen molar-refractivity contribution in [2.45, 2.75) is 79.1 Å². The van der Waals surface area contributed by atoms with Crippen molar-refractivity contribution in [2.24, 2.45) is 0 Å². The molecule has 0 amide bonds. The highest BCUT2D eigenvalue weighted by Crippen LogP contribution is 2.16. The van der Waals surface area contributed by atoms with E-state index in [0.717, 1.165) is 0 Å². The van der Waals surface area contributed by atoms with Crippen molar-refractivity contribution < 1.29 is 4.48 Å². The summed E-state index contributed by atoms with van der Waals surface area (Å²) in [7, 11) is 0. The first-order valence-electron chi connectivity index (χ1n) is 8.35. The molecule has 3 nitrogen and oxygen atoms in total. The van der Waals surface area contributed by atoms with E-state index in [0.29, 0.717) is 0 Å². The van der Waals surface area contributed by atoms with E-state index in [1.165, 1.54) is 82.0 Å². The van der Waals surface area contributed by atoms with E-state index in [-0.39, 0.29) is 6.15 Å². The van der Waals surface area contributed by atoms with Crippen LogP contribution in [0.5, 0.6) is 0 Å². The van der Waals surface area contributed by atoms with Crippen molar-refractivity contribution in [1.29, 1.82) is 5.26 Å². The zero-order chi connectivity index (χ0) is 15.0. The Morgan fingerprint density at radius 3 is 0.950 bits per heavy atom. The molecule has 0 aromatic heterocycles. The molecule has 0 rings (SSSR count). The van der Waals surface area contributed by atoms with E-state index < -0.39 is 0 Å². The van der Waals surface area contributed by atoms with Gasteiger partial charge in [-0.05, 0) is 25.7 Å². The van der Waals surface area contributed by atoms with Crippen LogP contribution < -0.4 is 6.15 Å². The molecule has 0 aliphatic rings. The lowest BCUT2D eigenvalue weighted by Gasteiger charge is -2.39. The molecular formula is C17H40N3+. The summed E-state index contributed by atoms with van der Waals surface area (Å²) in [5.41, 5.74) is 0. The molecule has 0 fully saturated rings. The normalized spacial score (nSPS) is 10.3. The minimum Gasteiger partial charge on any atom is -0.344 e. The number of unbranched alkanes of at least 4 members (excludes halogenated alkanes) is 4. The third kappa shape index (κ3) is 12.4. The molecule has 0 aliphatic carbocycles. The Hall–Kier alpha value is -0.590. The van der Waals surface area contributed by atoms with Crippen molar-refractivity contribution in [3.63, 3.8) is 0 Å². The molecule has 0 spiro atoms. The van der Waals surface area contributed by atoms with Crippen LogP contribution in [0.4, 0.5) is 0 Å². The van der Waals surface area contributed by atoms with Gasteiger partial charge in [-0.2, -0.15) is 0 Å². The summed E-state index contributed by atoms with van der Waals surface area (Å²) in [6, 6.07) is 0. The summed E-state index contributed by atoms with van der Waals surface area (Å²) in [5.74, 6) is 0. The number of nitriles is 1. The third-order valence-corrected chi connectivity index (χ3v) is 3.94. The van der Waals surface area contributed by atoms with E-state index >= 15 is 0 Å². The molecule has 20 heavy (non-hydrogen) atoms. The van der Waals surface area contributed by atoms with E-state index in [2.05, 4.69) is 34.3 Å². The van der Waals surface area contributed by atoms with Gasteiger partial charge >= 0.3 is 0 Å². The minimum atomic E-state index is 0. The van der Waals surface area contributed by atoms with Crippen LogP contribution >= 0.6 is 0 Å². The highest BCUT2D eigenvalue weighted by atomic mass is 15.3. The number of hydrogen-bond acceptors (Lipinski definition) is 2. The van der Waals surface area contributed by atoms with Crippen LogP contribution in [0.25, 0.3) is 0 Å². The van der Waals surface area contributed by atoms with Gasteiger partial charge in [0, 0.05) is 6.57 Å². The quantitative estimate of drug-likeness (QED) is 0.494. The number of nitrogens with zero attached hydrogens (tertiary/aromatic N) is 2. The average Bonchev–Trinajstić information content (AvgIpc) is 2.48. The van der Waals surface area contributed by atoms with Crippen molar-refractivity contribution >= 4 is 0 Å². The first-order valence-corrected chi connectivity index (χ1v) is 8.35. The fourth-order valence-corrected chi connectivity index (χ4v) is 2.64. The molecule has 0 aromatic rings. The molecule has 0 saturated carbocycles. The summed E-state index contributed by atoms with van der Waals surface area (Å²) in [6.45, 7) is 18.5. The minimum absolute atomic E-state index is 0. The number of hydrogen-bond donors (Lipinski definition) is 1. The Labute approximate surface area is 128 Å². The standard InChI is InChI=1S/C16H36N.CHN.H3N/c1-5-9-13-17(14-10-6-2,15-11-7-3)16-12-8-4;1-2;/h5-16H2,1-4H3;1H;1H3/q+1;;. The van der Waals surface area contributed by atoms with Gasteiger partial charge in [0.05, 0.1) is 26.2 Å². The maximum Gasteiger partial charge on any atom is 0.0786 e. The smallest absolute Gasteiger partial charge is 0.0786 e. The summed E-state index contributed by atoms with van der Waals surface area (Å²) >= 11 is 0. The van der Waals surface area contributed by atoms with Gasteiger partial charge in [0.1, 0.15) is 0 Å². The maximum absolute atomic E-state index is 6.50. The first kappa shape index (κ1) is 24.4.